The van der Waals surface area contributed by atoms with Crippen molar-refractivity contribution in [3.63, 3.8) is 0 Å². The van der Waals surface area contributed by atoms with E-state index in [0.717, 1.165) is 40.4 Å². The average molecular weight is 477 g/mol. The van der Waals surface area contributed by atoms with Gasteiger partial charge in [-0.15, -0.1) is 11.8 Å². The van der Waals surface area contributed by atoms with Gasteiger partial charge in [0.15, 0.2) is 0 Å². The molecule has 1 aliphatic rings. The normalized spacial score (nSPS) is 19.3. The number of hydrogen-bond donors (Lipinski definition) is 2. The van der Waals surface area contributed by atoms with Crippen molar-refractivity contribution in [2.45, 2.75) is 43.2 Å². The van der Waals surface area contributed by atoms with Crippen LogP contribution in [0.25, 0.3) is 11.1 Å². The van der Waals surface area contributed by atoms with Crippen LogP contribution in [0.2, 0.25) is 0 Å². The molecule has 3 heterocycles. The molecule has 4 rings (SSSR count). The minimum absolute atomic E-state index is 0.212. The maximum Gasteiger partial charge on any atom is 0.253 e. The number of aromatic nitrogens is 2. The van der Waals surface area contributed by atoms with Crippen molar-refractivity contribution in [1.29, 1.82) is 0 Å². The summed E-state index contributed by atoms with van der Waals surface area (Å²) in [4.78, 5) is 35.2. The fraction of sp³-hybridized carbons (Fsp3) is 0.308. The number of thioether (sulfide) groups is 1. The van der Waals surface area contributed by atoms with Crippen LogP contribution in [-0.2, 0) is 4.79 Å². The molecule has 176 valence electrons. The maximum atomic E-state index is 13.1. The van der Waals surface area contributed by atoms with Crippen LogP contribution in [0.3, 0.4) is 0 Å². The van der Waals surface area contributed by atoms with Crippen LogP contribution in [0.1, 0.15) is 36.5 Å². The standard InChI is InChI=1S/C26H28N4O3S/c1-18-17-33-24-10-3-2-8-22(24)20-13-21(16-28-15-20)34-12-5-4-9-23(26(32)29-18)30-25(31)19-7-6-11-27-14-19/h2-3,6-8,10-11,13-16,18,23H,4-5,9,12,17H2,1H3,(H,29,32)(H,30,31)/t18-,23+/m1/s1. The maximum absolute atomic E-state index is 13.1. The second-order valence-corrected chi connectivity index (χ2v) is 9.41. The van der Waals surface area contributed by atoms with Gasteiger partial charge in [0.2, 0.25) is 5.91 Å². The van der Waals surface area contributed by atoms with Crippen molar-refractivity contribution in [2.75, 3.05) is 12.4 Å². The molecule has 2 amide bonds. The number of ether oxygens (including phenoxy) is 1. The van der Waals surface area contributed by atoms with Crippen LogP contribution in [0.15, 0.2) is 72.1 Å². The summed E-state index contributed by atoms with van der Waals surface area (Å²) in [5.74, 6) is 1.11. The van der Waals surface area contributed by atoms with Crippen LogP contribution in [-0.4, -0.2) is 46.2 Å². The fourth-order valence-electron chi connectivity index (χ4n) is 3.72. The van der Waals surface area contributed by atoms with Gasteiger partial charge in [-0.25, -0.2) is 0 Å². The molecule has 0 spiro atoms. The molecule has 34 heavy (non-hydrogen) atoms. The van der Waals surface area contributed by atoms with E-state index in [9.17, 15) is 9.59 Å². The summed E-state index contributed by atoms with van der Waals surface area (Å²) in [6, 6.07) is 12.5. The number of nitrogens with zero attached hydrogens (tertiary/aromatic N) is 2. The molecule has 2 atom stereocenters. The Morgan fingerprint density at radius 1 is 1.12 bits per heavy atom. The number of amides is 2. The van der Waals surface area contributed by atoms with Crippen LogP contribution in [0.5, 0.6) is 5.75 Å². The topological polar surface area (TPSA) is 93.2 Å². The smallest absolute Gasteiger partial charge is 0.253 e. The zero-order valence-electron chi connectivity index (χ0n) is 19.1. The van der Waals surface area contributed by atoms with Crippen molar-refractivity contribution in [1.82, 2.24) is 20.6 Å². The molecular weight excluding hydrogens is 448 g/mol. The Labute approximate surface area is 203 Å². The van der Waals surface area contributed by atoms with Gasteiger partial charge in [-0.05, 0) is 49.8 Å². The van der Waals surface area contributed by atoms with Crippen molar-refractivity contribution < 1.29 is 14.3 Å². The lowest BCUT2D eigenvalue weighted by Gasteiger charge is -2.22. The predicted octanol–water partition coefficient (Wildman–Crippen LogP) is 4.10. The highest BCUT2D eigenvalue weighted by atomic mass is 32.2. The summed E-state index contributed by atoms with van der Waals surface area (Å²) in [5, 5.41) is 5.87. The zero-order valence-corrected chi connectivity index (χ0v) is 19.9. The van der Waals surface area contributed by atoms with Crippen molar-refractivity contribution in [3.8, 4) is 16.9 Å². The SMILES string of the molecule is C[C@@H]1COc2ccccc2-c2cncc(c2)SCCCC[C@H](NC(=O)c2cccnc2)C(=O)N1. The number of hydrogen-bond acceptors (Lipinski definition) is 6. The number of benzene rings is 1. The number of rotatable bonds is 2. The third kappa shape index (κ3) is 6.35. The van der Waals surface area contributed by atoms with Gasteiger partial charge in [0.25, 0.3) is 5.91 Å². The van der Waals surface area contributed by atoms with Gasteiger partial charge in [0, 0.05) is 40.8 Å². The molecule has 0 aliphatic carbocycles. The molecule has 7 nitrogen and oxygen atoms in total. The minimum atomic E-state index is -0.634. The van der Waals surface area contributed by atoms with Crippen LogP contribution in [0.4, 0.5) is 0 Å². The van der Waals surface area contributed by atoms with Gasteiger partial charge in [-0.1, -0.05) is 24.6 Å². The lowest BCUT2D eigenvalue weighted by molar-refractivity contribution is -0.124. The molecule has 2 bridgehead atoms. The third-order valence-electron chi connectivity index (χ3n) is 5.49. The highest BCUT2D eigenvalue weighted by Gasteiger charge is 2.23. The van der Waals surface area contributed by atoms with E-state index in [-0.39, 0.29) is 17.9 Å². The van der Waals surface area contributed by atoms with Gasteiger partial charge >= 0.3 is 0 Å². The van der Waals surface area contributed by atoms with E-state index < -0.39 is 6.04 Å². The molecule has 1 aromatic carbocycles. The van der Waals surface area contributed by atoms with Crippen molar-refractivity contribution in [2.24, 2.45) is 0 Å². The molecule has 2 aromatic heterocycles. The molecule has 8 heteroatoms. The summed E-state index contributed by atoms with van der Waals surface area (Å²) >= 11 is 1.73. The number of pyridine rings is 2. The number of carbonyl (C=O) groups is 2. The van der Waals surface area contributed by atoms with Crippen LogP contribution < -0.4 is 15.4 Å². The Kier molecular flexibility index (Phi) is 8.14. The van der Waals surface area contributed by atoms with Crippen LogP contribution >= 0.6 is 11.8 Å². The van der Waals surface area contributed by atoms with E-state index in [0.29, 0.717) is 18.6 Å². The lowest BCUT2D eigenvalue weighted by atomic mass is 10.1. The second-order valence-electron chi connectivity index (χ2n) is 8.24. The average Bonchev–Trinajstić information content (AvgIpc) is 2.87. The zero-order chi connectivity index (χ0) is 23.8. The summed E-state index contributed by atoms with van der Waals surface area (Å²) in [6.07, 6.45) is 9.08. The Balaban J connectivity index is 1.52. The van der Waals surface area contributed by atoms with Gasteiger partial charge in [-0.2, -0.15) is 0 Å². The van der Waals surface area contributed by atoms with Crippen LogP contribution in [0, 0.1) is 0 Å². The first kappa shape index (κ1) is 23.8. The second kappa shape index (κ2) is 11.7. The largest absolute Gasteiger partial charge is 0.491 e. The number of carbonyl (C=O) groups excluding carboxylic acids is 2. The van der Waals surface area contributed by atoms with Gasteiger partial charge in [-0.3, -0.25) is 19.6 Å². The Bertz CT molecular complexity index is 1130. The minimum Gasteiger partial charge on any atom is -0.491 e. The van der Waals surface area contributed by atoms with E-state index in [4.69, 9.17) is 4.74 Å². The summed E-state index contributed by atoms with van der Waals surface area (Å²) in [5.41, 5.74) is 2.39. The highest BCUT2D eigenvalue weighted by Crippen LogP contribution is 2.32. The molecule has 3 aromatic rings. The first-order valence-electron chi connectivity index (χ1n) is 11.4. The van der Waals surface area contributed by atoms with E-state index in [2.05, 4.69) is 26.7 Å². The molecule has 0 unspecified atom stereocenters. The highest BCUT2D eigenvalue weighted by molar-refractivity contribution is 7.99. The molecule has 1 aliphatic heterocycles. The van der Waals surface area contributed by atoms with Gasteiger partial charge < -0.3 is 15.4 Å². The summed E-state index contributed by atoms with van der Waals surface area (Å²) in [7, 11) is 0. The Morgan fingerprint density at radius 3 is 2.85 bits per heavy atom. The molecule has 0 saturated carbocycles. The molecule has 0 fully saturated rings. The lowest BCUT2D eigenvalue weighted by Crippen LogP contribution is -2.50. The number of fused-ring (bicyclic) bond motifs is 4. The molecular formula is C26H28N4O3S. The fourth-order valence-corrected chi connectivity index (χ4v) is 4.65. The van der Waals surface area contributed by atoms with Crippen molar-refractivity contribution >= 4 is 23.6 Å². The first-order valence-corrected chi connectivity index (χ1v) is 12.4. The quantitative estimate of drug-likeness (QED) is 0.578. The summed E-state index contributed by atoms with van der Waals surface area (Å²) < 4.78 is 6.09. The Morgan fingerprint density at radius 2 is 2.00 bits per heavy atom. The predicted molar refractivity (Wildman–Crippen MR) is 133 cm³/mol. The number of para-hydroxylation sites is 1. The molecule has 0 saturated heterocycles. The van der Waals surface area contributed by atoms with E-state index in [1.165, 1.54) is 6.20 Å². The number of nitrogens with one attached hydrogen (secondary N) is 2. The van der Waals surface area contributed by atoms with E-state index >= 15 is 0 Å². The summed E-state index contributed by atoms with van der Waals surface area (Å²) in [6.45, 7) is 2.19. The van der Waals surface area contributed by atoms with E-state index in [1.54, 1.807) is 30.1 Å². The molecule has 2 N–H and O–H groups in total. The molecule has 0 radical (unpaired) electrons. The van der Waals surface area contributed by atoms with E-state index in [1.807, 2.05) is 43.6 Å². The monoisotopic (exact) mass is 476 g/mol. The third-order valence-corrected chi connectivity index (χ3v) is 6.54. The van der Waals surface area contributed by atoms with Gasteiger partial charge in [0.05, 0.1) is 11.6 Å². The van der Waals surface area contributed by atoms with Gasteiger partial charge in [0.1, 0.15) is 18.4 Å². The van der Waals surface area contributed by atoms with Crippen molar-refractivity contribution in [3.05, 3.63) is 72.8 Å². The first-order chi connectivity index (χ1) is 16.6. The Hall–Kier alpha value is -3.39.